The van der Waals surface area contributed by atoms with E-state index in [9.17, 15) is 4.39 Å². The fourth-order valence-electron chi connectivity index (χ4n) is 1.87. The first-order valence-electron chi connectivity index (χ1n) is 6.90. The van der Waals surface area contributed by atoms with E-state index in [0.29, 0.717) is 24.0 Å². The van der Waals surface area contributed by atoms with Crippen molar-refractivity contribution in [3.05, 3.63) is 47.0 Å². The number of nitrogens with two attached hydrogens (primary N) is 1. The second-order valence-corrected chi connectivity index (χ2v) is 6.14. The van der Waals surface area contributed by atoms with Crippen molar-refractivity contribution in [3.8, 4) is 0 Å². The number of nitrogen functional groups attached to an aromatic ring is 1. The van der Waals surface area contributed by atoms with E-state index in [0.717, 1.165) is 11.1 Å². The number of aromatic nitrogens is 2. The first kappa shape index (κ1) is 15.2. The average molecular weight is 288 g/mol. The summed E-state index contributed by atoms with van der Waals surface area (Å²) in [5.41, 5.74) is 7.43. The third-order valence-electron chi connectivity index (χ3n) is 3.20. The van der Waals surface area contributed by atoms with E-state index in [-0.39, 0.29) is 11.2 Å². The molecule has 4 nitrogen and oxygen atoms in total. The average Bonchev–Trinajstić information content (AvgIpc) is 2.39. The Balaban J connectivity index is 2.25. The molecule has 0 atom stereocenters. The molecule has 0 aliphatic rings. The molecule has 5 heteroatoms. The largest absolute Gasteiger partial charge is 0.383 e. The summed E-state index contributed by atoms with van der Waals surface area (Å²) < 4.78 is 13.2. The van der Waals surface area contributed by atoms with E-state index in [1.807, 2.05) is 33.8 Å². The van der Waals surface area contributed by atoms with Crippen LogP contribution in [0.4, 0.5) is 16.0 Å². The first-order valence-corrected chi connectivity index (χ1v) is 6.90. The molecule has 0 amide bonds. The standard InChI is InChI=1S/C16H21FN4/c1-10-13(18)20-15(16(2,3)4)21-14(10)19-9-11-6-5-7-12(17)8-11/h5-8H,9H2,1-4H3,(H3,18,19,20,21). The van der Waals surface area contributed by atoms with Gasteiger partial charge in [0.2, 0.25) is 0 Å². The maximum absolute atomic E-state index is 13.2. The summed E-state index contributed by atoms with van der Waals surface area (Å²) in [6.07, 6.45) is 0. The summed E-state index contributed by atoms with van der Waals surface area (Å²) in [6.45, 7) is 8.46. The maximum atomic E-state index is 13.2. The Hall–Kier alpha value is -2.17. The molecule has 1 aromatic heterocycles. The van der Waals surface area contributed by atoms with Gasteiger partial charge in [0, 0.05) is 17.5 Å². The number of rotatable bonds is 3. The number of benzene rings is 1. The Morgan fingerprint density at radius 3 is 2.57 bits per heavy atom. The molecule has 3 N–H and O–H groups in total. The predicted octanol–water partition coefficient (Wildman–Crippen LogP) is 3.42. The molecule has 2 aromatic rings. The van der Waals surface area contributed by atoms with Crippen molar-refractivity contribution < 1.29 is 4.39 Å². The zero-order chi connectivity index (χ0) is 15.6. The molecule has 0 saturated carbocycles. The summed E-state index contributed by atoms with van der Waals surface area (Å²) in [5.74, 6) is 1.60. The van der Waals surface area contributed by atoms with E-state index < -0.39 is 0 Å². The molecule has 0 aliphatic heterocycles. The minimum atomic E-state index is -0.247. The van der Waals surface area contributed by atoms with E-state index >= 15 is 0 Å². The Bertz CT molecular complexity index is 647. The molecule has 0 saturated heterocycles. The Labute approximate surface area is 124 Å². The van der Waals surface area contributed by atoms with Crippen molar-refractivity contribution in [2.75, 3.05) is 11.1 Å². The lowest BCUT2D eigenvalue weighted by molar-refractivity contribution is 0.546. The Kier molecular flexibility index (Phi) is 4.11. The van der Waals surface area contributed by atoms with Gasteiger partial charge in [-0.1, -0.05) is 32.9 Å². The minimum absolute atomic E-state index is 0.183. The van der Waals surface area contributed by atoms with E-state index in [4.69, 9.17) is 5.73 Å². The molecule has 21 heavy (non-hydrogen) atoms. The zero-order valence-electron chi connectivity index (χ0n) is 12.9. The molecule has 1 aromatic carbocycles. The van der Waals surface area contributed by atoms with Crippen molar-refractivity contribution in [3.63, 3.8) is 0 Å². The van der Waals surface area contributed by atoms with Gasteiger partial charge in [0.1, 0.15) is 23.3 Å². The van der Waals surface area contributed by atoms with Crippen LogP contribution in [0.15, 0.2) is 24.3 Å². The first-order chi connectivity index (χ1) is 9.77. The van der Waals surface area contributed by atoms with Gasteiger partial charge in [0.15, 0.2) is 0 Å². The number of nitrogens with one attached hydrogen (secondary N) is 1. The van der Waals surface area contributed by atoms with Crippen LogP contribution >= 0.6 is 0 Å². The molecule has 0 spiro atoms. The molecule has 0 aliphatic carbocycles. The molecule has 0 fully saturated rings. The lowest BCUT2D eigenvalue weighted by atomic mass is 9.95. The highest BCUT2D eigenvalue weighted by Crippen LogP contribution is 2.25. The third kappa shape index (κ3) is 3.68. The van der Waals surface area contributed by atoms with Crippen LogP contribution in [0.2, 0.25) is 0 Å². The third-order valence-corrected chi connectivity index (χ3v) is 3.20. The minimum Gasteiger partial charge on any atom is -0.383 e. The predicted molar refractivity (Wildman–Crippen MR) is 83.6 cm³/mol. The summed E-state index contributed by atoms with van der Waals surface area (Å²) in [6, 6.07) is 6.47. The molecule has 0 radical (unpaired) electrons. The van der Waals surface area contributed by atoms with Crippen LogP contribution in [-0.4, -0.2) is 9.97 Å². The fourth-order valence-corrected chi connectivity index (χ4v) is 1.87. The van der Waals surface area contributed by atoms with Crippen LogP contribution in [0.25, 0.3) is 0 Å². The van der Waals surface area contributed by atoms with Crippen LogP contribution in [-0.2, 0) is 12.0 Å². The topological polar surface area (TPSA) is 63.8 Å². The van der Waals surface area contributed by atoms with Gasteiger partial charge in [0.25, 0.3) is 0 Å². The molecular weight excluding hydrogens is 267 g/mol. The van der Waals surface area contributed by atoms with Crippen molar-refractivity contribution in [1.29, 1.82) is 0 Å². The van der Waals surface area contributed by atoms with E-state index in [2.05, 4.69) is 15.3 Å². The second kappa shape index (κ2) is 5.68. The summed E-state index contributed by atoms with van der Waals surface area (Å²) >= 11 is 0. The van der Waals surface area contributed by atoms with Crippen LogP contribution < -0.4 is 11.1 Å². The van der Waals surface area contributed by atoms with Crippen molar-refractivity contribution in [2.24, 2.45) is 0 Å². The second-order valence-electron chi connectivity index (χ2n) is 6.14. The summed E-state index contributed by atoms with van der Waals surface area (Å²) in [7, 11) is 0. The van der Waals surface area contributed by atoms with Crippen molar-refractivity contribution >= 4 is 11.6 Å². The maximum Gasteiger partial charge on any atom is 0.138 e. The van der Waals surface area contributed by atoms with Gasteiger partial charge in [0.05, 0.1) is 0 Å². The highest BCUT2D eigenvalue weighted by atomic mass is 19.1. The SMILES string of the molecule is Cc1c(N)nc(C(C)(C)C)nc1NCc1cccc(F)c1. The van der Waals surface area contributed by atoms with Crippen molar-refractivity contribution in [2.45, 2.75) is 39.7 Å². The lowest BCUT2D eigenvalue weighted by Crippen LogP contribution is -2.19. The zero-order valence-corrected chi connectivity index (χ0v) is 12.9. The lowest BCUT2D eigenvalue weighted by Gasteiger charge is -2.19. The quantitative estimate of drug-likeness (QED) is 0.908. The highest BCUT2D eigenvalue weighted by Gasteiger charge is 2.20. The van der Waals surface area contributed by atoms with Gasteiger partial charge in [-0.3, -0.25) is 0 Å². The summed E-state index contributed by atoms with van der Waals surface area (Å²) in [5, 5.41) is 3.21. The van der Waals surface area contributed by atoms with Gasteiger partial charge in [-0.05, 0) is 24.6 Å². The van der Waals surface area contributed by atoms with Gasteiger partial charge >= 0.3 is 0 Å². The monoisotopic (exact) mass is 288 g/mol. The Morgan fingerprint density at radius 1 is 1.24 bits per heavy atom. The number of nitrogens with zero attached hydrogens (tertiary/aromatic N) is 2. The Morgan fingerprint density at radius 2 is 1.95 bits per heavy atom. The van der Waals surface area contributed by atoms with Crippen molar-refractivity contribution in [1.82, 2.24) is 9.97 Å². The normalized spacial score (nSPS) is 11.5. The van der Waals surface area contributed by atoms with E-state index in [1.165, 1.54) is 12.1 Å². The van der Waals surface area contributed by atoms with Crippen LogP contribution in [0, 0.1) is 12.7 Å². The molecule has 0 bridgehead atoms. The van der Waals surface area contributed by atoms with Crippen LogP contribution in [0.1, 0.15) is 37.7 Å². The number of hydrogen-bond donors (Lipinski definition) is 2. The smallest absolute Gasteiger partial charge is 0.138 e. The summed E-state index contributed by atoms with van der Waals surface area (Å²) in [4.78, 5) is 8.89. The number of hydrogen-bond acceptors (Lipinski definition) is 4. The molecule has 1 heterocycles. The van der Waals surface area contributed by atoms with E-state index in [1.54, 1.807) is 6.07 Å². The number of halogens is 1. The highest BCUT2D eigenvalue weighted by molar-refractivity contribution is 5.55. The molecule has 2 rings (SSSR count). The van der Waals surface area contributed by atoms with Gasteiger partial charge < -0.3 is 11.1 Å². The van der Waals surface area contributed by atoms with Crippen LogP contribution in [0.5, 0.6) is 0 Å². The number of anilines is 2. The fraction of sp³-hybridized carbons (Fsp3) is 0.375. The molecule has 0 unspecified atom stereocenters. The van der Waals surface area contributed by atoms with Crippen LogP contribution in [0.3, 0.4) is 0 Å². The molecular formula is C16H21FN4. The van der Waals surface area contributed by atoms with Gasteiger partial charge in [-0.2, -0.15) is 0 Å². The van der Waals surface area contributed by atoms with Gasteiger partial charge in [-0.25, -0.2) is 14.4 Å². The molecule has 112 valence electrons. The van der Waals surface area contributed by atoms with Gasteiger partial charge in [-0.15, -0.1) is 0 Å².